The van der Waals surface area contributed by atoms with E-state index < -0.39 is 5.60 Å². The van der Waals surface area contributed by atoms with Crippen LogP contribution in [0.2, 0.25) is 0 Å². The third kappa shape index (κ3) is 4.04. The number of rotatable bonds is 5. The number of halogens is 1. The van der Waals surface area contributed by atoms with Crippen LogP contribution in [-0.2, 0) is 4.79 Å². The van der Waals surface area contributed by atoms with Crippen molar-refractivity contribution in [3.8, 4) is 0 Å². The van der Waals surface area contributed by atoms with E-state index in [-0.39, 0.29) is 17.6 Å². The maximum absolute atomic E-state index is 12.8. The van der Waals surface area contributed by atoms with Gasteiger partial charge in [-0.15, -0.1) is 0 Å². The lowest BCUT2D eigenvalue weighted by Gasteiger charge is -2.22. The van der Waals surface area contributed by atoms with E-state index in [1.54, 1.807) is 12.1 Å². The Morgan fingerprint density at radius 1 is 1.35 bits per heavy atom. The van der Waals surface area contributed by atoms with Crippen molar-refractivity contribution in [3.05, 3.63) is 35.6 Å². The zero-order chi connectivity index (χ0) is 14.6. The lowest BCUT2D eigenvalue weighted by atomic mass is 9.97. The second kappa shape index (κ2) is 6.35. The molecule has 1 saturated carbocycles. The first kappa shape index (κ1) is 15.0. The van der Waals surface area contributed by atoms with Gasteiger partial charge in [0, 0.05) is 13.0 Å². The highest BCUT2D eigenvalue weighted by Gasteiger charge is 2.31. The van der Waals surface area contributed by atoms with Crippen molar-refractivity contribution in [2.45, 2.75) is 50.5 Å². The molecule has 1 aromatic rings. The fourth-order valence-corrected chi connectivity index (χ4v) is 2.73. The first-order valence-electron chi connectivity index (χ1n) is 7.23. The molecule has 0 aliphatic heterocycles. The molecular formula is C16H22FNO2. The van der Waals surface area contributed by atoms with E-state index in [1.807, 2.05) is 6.92 Å². The van der Waals surface area contributed by atoms with Crippen molar-refractivity contribution < 1.29 is 14.3 Å². The minimum absolute atomic E-state index is 0.0359. The summed E-state index contributed by atoms with van der Waals surface area (Å²) in [6.07, 6.45) is 3.93. The molecule has 1 unspecified atom stereocenters. The third-order valence-electron chi connectivity index (χ3n) is 4.08. The summed E-state index contributed by atoms with van der Waals surface area (Å²) in [7, 11) is 0. The highest BCUT2D eigenvalue weighted by Crippen LogP contribution is 2.28. The van der Waals surface area contributed by atoms with E-state index in [2.05, 4.69) is 5.32 Å². The molecule has 2 rings (SSSR count). The molecule has 2 N–H and O–H groups in total. The van der Waals surface area contributed by atoms with Gasteiger partial charge in [0.1, 0.15) is 5.82 Å². The molecule has 0 aromatic heterocycles. The van der Waals surface area contributed by atoms with E-state index in [1.165, 1.54) is 12.1 Å². The van der Waals surface area contributed by atoms with Gasteiger partial charge in [-0.1, -0.05) is 31.9 Å². The van der Waals surface area contributed by atoms with E-state index in [9.17, 15) is 14.3 Å². The molecule has 1 aliphatic rings. The Labute approximate surface area is 119 Å². The van der Waals surface area contributed by atoms with Crippen LogP contribution < -0.4 is 5.32 Å². The molecule has 1 aliphatic carbocycles. The van der Waals surface area contributed by atoms with Crippen molar-refractivity contribution in [1.29, 1.82) is 0 Å². The molecule has 0 heterocycles. The Balaban J connectivity index is 1.80. The monoisotopic (exact) mass is 279 g/mol. The molecule has 0 radical (unpaired) electrons. The van der Waals surface area contributed by atoms with Gasteiger partial charge in [-0.25, -0.2) is 4.39 Å². The topological polar surface area (TPSA) is 49.3 Å². The maximum atomic E-state index is 12.8. The van der Waals surface area contributed by atoms with Crippen LogP contribution in [0, 0.1) is 5.82 Å². The SMILES string of the molecule is CC(CC(=O)NCC1(O)CCCC1)c1ccc(F)cc1. The molecule has 1 amide bonds. The zero-order valence-electron chi connectivity index (χ0n) is 11.9. The average molecular weight is 279 g/mol. The summed E-state index contributed by atoms with van der Waals surface area (Å²) in [6, 6.07) is 6.23. The number of hydrogen-bond donors (Lipinski definition) is 2. The standard InChI is InChI=1S/C16H22FNO2/c1-12(13-4-6-14(17)7-5-13)10-15(19)18-11-16(20)8-2-3-9-16/h4-7,12,20H,2-3,8-11H2,1H3,(H,18,19). The number of hydrogen-bond acceptors (Lipinski definition) is 2. The molecule has 0 saturated heterocycles. The predicted octanol–water partition coefficient (Wildman–Crippen LogP) is 2.74. The number of benzene rings is 1. The Morgan fingerprint density at radius 3 is 2.55 bits per heavy atom. The second-order valence-electron chi connectivity index (χ2n) is 5.86. The van der Waals surface area contributed by atoms with Gasteiger partial charge in [0.25, 0.3) is 0 Å². The molecule has 0 bridgehead atoms. The van der Waals surface area contributed by atoms with Crippen LogP contribution in [0.25, 0.3) is 0 Å². The van der Waals surface area contributed by atoms with Gasteiger partial charge in [-0.2, -0.15) is 0 Å². The number of aliphatic hydroxyl groups is 1. The first-order chi connectivity index (χ1) is 9.48. The van der Waals surface area contributed by atoms with Crippen LogP contribution in [0.15, 0.2) is 24.3 Å². The second-order valence-corrected chi connectivity index (χ2v) is 5.86. The van der Waals surface area contributed by atoms with Gasteiger partial charge in [-0.3, -0.25) is 4.79 Å². The molecule has 0 spiro atoms. The van der Waals surface area contributed by atoms with Crippen molar-refractivity contribution >= 4 is 5.91 Å². The minimum Gasteiger partial charge on any atom is -0.388 e. The number of carbonyl (C=O) groups is 1. The fraction of sp³-hybridized carbons (Fsp3) is 0.562. The fourth-order valence-electron chi connectivity index (χ4n) is 2.73. The van der Waals surface area contributed by atoms with E-state index in [0.29, 0.717) is 13.0 Å². The summed E-state index contributed by atoms with van der Waals surface area (Å²) in [5.41, 5.74) is 0.232. The predicted molar refractivity (Wildman–Crippen MR) is 75.9 cm³/mol. The molecule has 1 aromatic carbocycles. The van der Waals surface area contributed by atoms with Gasteiger partial charge in [-0.05, 0) is 36.5 Å². The summed E-state index contributed by atoms with van der Waals surface area (Å²) in [5, 5.41) is 13.0. The number of nitrogens with one attached hydrogen (secondary N) is 1. The van der Waals surface area contributed by atoms with Crippen molar-refractivity contribution in [3.63, 3.8) is 0 Å². The van der Waals surface area contributed by atoms with Crippen LogP contribution in [0.5, 0.6) is 0 Å². The van der Waals surface area contributed by atoms with E-state index in [4.69, 9.17) is 0 Å². The quantitative estimate of drug-likeness (QED) is 0.870. The zero-order valence-corrected chi connectivity index (χ0v) is 11.9. The Morgan fingerprint density at radius 2 is 1.95 bits per heavy atom. The maximum Gasteiger partial charge on any atom is 0.220 e. The Bertz CT molecular complexity index is 452. The highest BCUT2D eigenvalue weighted by molar-refractivity contribution is 5.76. The molecular weight excluding hydrogens is 257 g/mol. The molecule has 3 nitrogen and oxygen atoms in total. The van der Waals surface area contributed by atoms with Crippen LogP contribution in [0.4, 0.5) is 4.39 Å². The largest absolute Gasteiger partial charge is 0.388 e. The summed E-state index contributed by atoms with van der Waals surface area (Å²) in [5.74, 6) is -0.301. The summed E-state index contributed by atoms with van der Waals surface area (Å²) in [6.45, 7) is 2.28. The smallest absolute Gasteiger partial charge is 0.220 e. The summed E-state index contributed by atoms with van der Waals surface area (Å²) < 4.78 is 12.8. The molecule has 20 heavy (non-hydrogen) atoms. The van der Waals surface area contributed by atoms with Crippen molar-refractivity contribution in [2.24, 2.45) is 0 Å². The lowest BCUT2D eigenvalue weighted by Crippen LogP contribution is -2.41. The molecule has 1 fully saturated rings. The van der Waals surface area contributed by atoms with Gasteiger partial charge in [0.2, 0.25) is 5.91 Å². The minimum atomic E-state index is -0.714. The van der Waals surface area contributed by atoms with Crippen LogP contribution in [0.1, 0.15) is 50.5 Å². The molecule has 110 valence electrons. The van der Waals surface area contributed by atoms with Crippen LogP contribution >= 0.6 is 0 Å². The van der Waals surface area contributed by atoms with Crippen molar-refractivity contribution in [1.82, 2.24) is 5.32 Å². The van der Waals surface area contributed by atoms with Crippen molar-refractivity contribution in [2.75, 3.05) is 6.54 Å². The normalized spacial score (nSPS) is 18.8. The van der Waals surface area contributed by atoms with Gasteiger partial charge < -0.3 is 10.4 Å². The summed E-state index contributed by atoms with van der Waals surface area (Å²) >= 11 is 0. The van der Waals surface area contributed by atoms with Crippen LogP contribution in [0.3, 0.4) is 0 Å². The third-order valence-corrected chi connectivity index (χ3v) is 4.08. The lowest BCUT2D eigenvalue weighted by molar-refractivity contribution is -0.122. The average Bonchev–Trinajstić information content (AvgIpc) is 2.85. The number of amides is 1. The van der Waals surface area contributed by atoms with Gasteiger partial charge >= 0.3 is 0 Å². The molecule has 4 heteroatoms. The van der Waals surface area contributed by atoms with E-state index in [0.717, 1.165) is 31.2 Å². The number of carbonyl (C=O) groups excluding carboxylic acids is 1. The summed E-state index contributed by atoms with van der Waals surface area (Å²) in [4.78, 5) is 11.9. The van der Waals surface area contributed by atoms with E-state index >= 15 is 0 Å². The molecule has 1 atom stereocenters. The first-order valence-corrected chi connectivity index (χ1v) is 7.23. The Kier molecular flexibility index (Phi) is 4.76. The van der Waals surface area contributed by atoms with Crippen LogP contribution in [-0.4, -0.2) is 23.2 Å². The highest BCUT2D eigenvalue weighted by atomic mass is 19.1. The van der Waals surface area contributed by atoms with Gasteiger partial charge in [0.15, 0.2) is 0 Å². The Hall–Kier alpha value is -1.42. The van der Waals surface area contributed by atoms with Gasteiger partial charge in [0.05, 0.1) is 5.60 Å².